The second-order valence-electron chi connectivity index (χ2n) is 2.07. The zero-order chi connectivity index (χ0) is 7.49. The predicted octanol–water partition coefficient (Wildman–Crippen LogP) is 0.183. The SMILES string of the molecule is CP(=O)(O)C[C@@H](F)CN. The van der Waals surface area contributed by atoms with E-state index in [1.807, 2.05) is 0 Å². The molecule has 0 aromatic rings. The summed E-state index contributed by atoms with van der Waals surface area (Å²) in [5, 5.41) is 0. The summed E-state index contributed by atoms with van der Waals surface area (Å²) < 4.78 is 22.6. The molecule has 0 aliphatic carbocycles. The molecule has 9 heavy (non-hydrogen) atoms. The molecule has 0 radical (unpaired) electrons. The van der Waals surface area contributed by atoms with Gasteiger partial charge >= 0.3 is 0 Å². The molecule has 1 unspecified atom stereocenters. The highest BCUT2D eigenvalue weighted by atomic mass is 31.2. The first-order valence-corrected chi connectivity index (χ1v) is 4.88. The molecule has 0 aliphatic rings. The molecule has 3 N–H and O–H groups in total. The molecule has 3 nitrogen and oxygen atoms in total. The summed E-state index contributed by atoms with van der Waals surface area (Å²) in [6.45, 7) is 0.938. The van der Waals surface area contributed by atoms with Crippen LogP contribution in [0, 0.1) is 0 Å². The zero-order valence-electron chi connectivity index (χ0n) is 5.25. The van der Waals surface area contributed by atoms with Gasteiger partial charge in [-0.3, -0.25) is 4.57 Å². The lowest BCUT2D eigenvalue weighted by molar-refractivity contribution is 0.360. The largest absolute Gasteiger partial charge is 0.344 e. The van der Waals surface area contributed by atoms with E-state index >= 15 is 0 Å². The fraction of sp³-hybridized carbons (Fsp3) is 1.00. The van der Waals surface area contributed by atoms with Gasteiger partial charge in [-0.25, -0.2) is 4.39 Å². The first-order chi connectivity index (χ1) is 3.95. The summed E-state index contributed by atoms with van der Waals surface area (Å²) in [5.41, 5.74) is 4.87. The minimum atomic E-state index is -3.19. The molecule has 0 aliphatic heterocycles. The van der Waals surface area contributed by atoms with Gasteiger partial charge in [-0.15, -0.1) is 0 Å². The van der Waals surface area contributed by atoms with Crippen molar-refractivity contribution in [2.45, 2.75) is 6.17 Å². The second-order valence-corrected chi connectivity index (χ2v) is 4.53. The van der Waals surface area contributed by atoms with Crippen molar-refractivity contribution in [3.8, 4) is 0 Å². The Balaban J connectivity index is 3.60. The van der Waals surface area contributed by atoms with E-state index in [4.69, 9.17) is 10.6 Å². The molecule has 0 aromatic carbocycles. The molecular formula is C4H11FNO2P. The molecule has 0 amide bonds. The van der Waals surface area contributed by atoms with Crippen LogP contribution >= 0.6 is 7.37 Å². The molecule has 0 heterocycles. The van der Waals surface area contributed by atoms with Gasteiger partial charge in [-0.2, -0.15) is 0 Å². The lowest BCUT2D eigenvalue weighted by atomic mass is 10.5. The average molecular weight is 155 g/mol. The van der Waals surface area contributed by atoms with Crippen LogP contribution in [0.15, 0.2) is 0 Å². The third kappa shape index (κ3) is 5.96. The molecule has 0 saturated heterocycles. The minimum absolute atomic E-state index is 0.182. The van der Waals surface area contributed by atoms with E-state index in [0.717, 1.165) is 6.66 Å². The zero-order valence-corrected chi connectivity index (χ0v) is 6.14. The van der Waals surface area contributed by atoms with E-state index in [2.05, 4.69) is 0 Å². The summed E-state index contributed by atoms with van der Waals surface area (Å²) in [5.74, 6) is 0. The van der Waals surface area contributed by atoms with E-state index in [0.29, 0.717) is 0 Å². The Labute approximate surface area is 53.5 Å². The lowest BCUT2D eigenvalue weighted by Crippen LogP contribution is -2.18. The van der Waals surface area contributed by atoms with Gasteiger partial charge < -0.3 is 10.6 Å². The van der Waals surface area contributed by atoms with Gasteiger partial charge in [0, 0.05) is 13.2 Å². The van der Waals surface area contributed by atoms with Crippen LogP contribution in [-0.2, 0) is 4.57 Å². The van der Waals surface area contributed by atoms with Gasteiger partial charge in [0.15, 0.2) is 0 Å². The number of hydrogen-bond acceptors (Lipinski definition) is 2. The first kappa shape index (κ1) is 9.08. The average Bonchev–Trinajstić information content (AvgIpc) is 1.62. The van der Waals surface area contributed by atoms with Crippen LogP contribution in [0.3, 0.4) is 0 Å². The Morgan fingerprint density at radius 3 is 2.44 bits per heavy atom. The second kappa shape index (κ2) is 3.30. The molecule has 0 aromatic heterocycles. The monoisotopic (exact) mass is 155 g/mol. The summed E-state index contributed by atoms with van der Waals surface area (Å²) in [6, 6.07) is 0. The Morgan fingerprint density at radius 2 is 2.33 bits per heavy atom. The van der Waals surface area contributed by atoms with Gasteiger partial charge in [0.25, 0.3) is 0 Å². The molecule has 0 saturated carbocycles. The summed E-state index contributed by atoms with van der Waals surface area (Å²) in [7, 11) is -3.19. The highest BCUT2D eigenvalue weighted by molar-refractivity contribution is 7.57. The van der Waals surface area contributed by atoms with Crippen molar-refractivity contribution in [2.75, 3.05) is 19.4 Å². The maximum atomic E-state index is 12.2. The van der Waals surface area contributed by atoms with Crippen molar-refractivity contribution >= 4 is 7.37 Å². The number of halogens is 1. The van der Waals surface area contributed by atoms with Gasteiger partial charge in [0.05, 0.1) is 6.16 Å². The van der Waals surface area contributed by atoms with Crippen LogP contribution in [0.2, 0.25) is 0 Å². The van der Waals surface area contributed by atoms with Crippen LogP contribution < -0.4 is 5.73 Å². The van der Waals surface area contributed by atoms with Crippen LogP contribution in [0.1, 0.15) is 0 Å². The summed E-state index contributed by atoms with van der Waals surface area (Å²) in [6.07, 6.45) is -1.67. The number of hydrogen-bond donors (Lipinski definition) is 2. The highest BCUT2D eigenvalue weighted by Gasteiger charge is 2.16. The van der Waals surface area contributed by atoms with Gasteiger partial charge in [-0.1, -0.05) is 0 Å². The maximum absolute atomic E-state index is 12.2. The molecule has 56 valence electrons. The summed E-state index contributed by atoms with van der Waals surface area (Å²) >= 11 is 0. The fourth-order valence-electron chi connectivity index (χ4n) is 0.442. The maximum Gasteiger partial charge on any atom is 0.200 e. The van der Waals surface area contributed by atoms with Crippen molar-refractivity contribution in [3.63, 3.8) is 0 Å². The standard InChI is InChI=1S/C4H11FNO2P/c1-9(7,8)3-4(5)2-6/h4H,2-3,6H2,1H3,(H,7,8)/t4-/m0/s1. The van der Waals surface area contributed by atoms with E-state index in [1.165, 1.54) is 0 Å². The van der Waals surface area contributed by atoms with E-state index < -0.39 is 13.5 Å². The Hall–Kier alpha value is 0.0800. The van der Waals surface area contributed by atoms with Gasteiger partial charge in [0.1, 0.15) is 6.17 Å². The lowest BCUT2D eigenvalue weighted by Gasteiger charge is -2.06. The van der Waals surface area contributed by atoms with Crippen molar-refractivity contribution in [1.82, 2.24) is 0 Å². The minimum Gasteiger partial charge on any atom is -0.344 e. The molecule has 0 spiro atoms. The molecule has 5 heteroatoms. The Bertz CT molecular complexity index is 124. The number of alkyl halides is 1. The quantitative estimate of drug-likeness (QED) is 0.571. The number of nitrogens with two attached hydrogens (primary N) is 1. The molecule has 2 atom stereocenters. The van der Waals surface area contributed by atoms with Crippen molar-refractivity contribution in [3.05, 3.63) is 0 Å². The summed E-state index contributed by atoms with van der Waals surface area (Å²) in [4.78, 5) is 8.58. The van der Waals surface area contributed by atoms with Crippen LogP contribution in [-0.4, -0.2) is 30.4 Å². The Kier molecular flexibility index (Phi) is 3.33. The molecule has 0 fully saturated rings. The Morgan fingerprint density at radius 1 is 1.89 bits per heavy atom. The van der Waals surface area contributed by atoms with E-state index in [1.54, 1.807) is 0 Å². The van der Waals surface area contributed by atoms with Crippen LogP contribution in [0.4, 0.5) is 4.39 Å². The third-order valence-electron chi connectivity index (χ3n) is 0.793. The van der Waals surface area contributed by atoms with Gasteiger partial charge in [-0.05, 0) is 0 Å². The van der Waals surface area contributed by atoms with Crippen molar-refractivity contribution in [2.24, 2.45) is 5.73 Å². The third-order valence-corrected chi connectivity index (χ3v) is 1.87. The van der Waals surface area contributed by atoms with Crippen molar-refractivity contribution in [1.29, 1.82) is 0 Å². The van der Waals surface area contributed by atoms with Gasteiger partial charge in [0.2, 0.25) is 7.37 Å². The molecule has 0 bridgehead atoms. The topological polar surface area (TPSA) is 63.3 Å². The molecular weight excluding hydrogens is 144 g/mol. The smallest absolute Gasteiger partial charge is 0.200 e. The van der Waals surface area contributed by atoms with E-state index in [9.17, 15) is 8.96 Å². The van der Waals surface area contributed by atoms with Crippen LogP contribution in [0.5, 0.6) is 0 Å². The normalized spacial score (nSPS) is 20.9. The van der Waals surface area contributed by atoms with E-state index in [-0.39, 0.29) is 12.7 Å². The van der Waals surface area contributed by atoms with Crippen molar-refractivity contribution < 1.29 is 13.8 Å². The number of rotatable bonds is 3. The van der Waals surface area contributed by atoms with Crippen LogP contribution in [0.25, 0.3) is 0 Å². The highest BCUT2D eigenvalue weighted by Crippen LogP contribution is 2.35. The predicted molar refractivity (Wildman–Crippen MR) is 34.6 cm³/mol. The first-order valence-electron chi connectivity index (χ1n) is 2.59. The fourth-order valence-corrected chi connectivity index (χ4v) is 1.33. The molecule has 0 rings (SSSR count).